The van der Waals surface area contributed by atoms with Crippen molar-refractivity contribution in [1.29, 1.82) is 0 Å². The van der Waals surface area contributed by atoms with Crippen LogP contribution in [0.15, 0.2) is 47.5 Å². The maximum absolute atomic E-state index is 13.5. The van der Waals surface area contributed by atoms with Gasteiger partial charge in [-0.3, -0.25) is 4.99 Å². The molecular formula is C21H29FIN3O2S. The minimum absolute atomic E-state index is 0. The molecule has 0 amide bonds. The van der Waals surface area contributed by atoms with Gasteiger partial charge in [-0.1, -0.05) is 18.2 Å². The van der Waals surface area contributed by atoms with Gasteiger partial charge in [-0.25, -0.2) is 4.39 Å². The van der Waals surface area contributed by atoms with Crippen LogP contribution >= 0.6 is 35.7 Å². The van der Waals surface area contributed by atoms with E-state index in [2.05, 4.69) is 15.6 Å². The monoisotopic (exact) mass is 533 g/mol. The zero-order chi connectivity index (χ0) is 20.2. The quantitative estimate of drug-likeness (QED) is 0.208. The summed E-state index contributed by atoms with van der Waals surface area (Å²) in [6.45, 7) is 2.33. The van der Waals surface area contributed by atoms with Crippen LogP contribution in [0.4, 0.5) is 4.39 Å². The zero-order valence-corrected chi connectivity index (χ0v) is 20.2. The first kappa shape index (κ1) is 25.5. The summed E-state index contributed by atoms with van der Waals surface area (Å²) in [5.41, 5.74) is 3.18. The van der Waals surface area contributed by atoms with Crippen molar-refractivity contribution < 1.29 is 13.9 Å². The van der Waals surface area contributed by atoms with Crippen molar-refractivity contribution in [2.75, 3.05) is 33.6 Å². The molecule has 0 aliphatic carbocycles. The SMILES string of the molecule is CN=C(NCc1ccc(OCCOC)cc1)NCc1ccc(F)cc1CSC.I. The number of guanidine groups is 1. The molecule has 5 nitrogen and oxygen atoms in total. The first-order valence-corrected chi connectivity index (χ1v) is 10.5. The minimum Gasteiger partial charge on any atom is -0.491 e. The van der Waals surface area contributed by atoms with Crippen LogP contribution in [0.5, 0.6) is 5.75 Å². The average molecular weight is 533 g/mol. The Kier molecular flexibility index (Phi) is 12.7. The predicted molar refractivity (Wildman–Crippen MR) is 130 cm³/mol. The fraction of sp³-hybridized carbons (Fsp3) is 0.381. The van der Waals surface area contributed by atoms with Crippen molar-refractivity contribution in [1.82, 2.24) is 10.6 Å². The third-order valence-electron chi connectivity index (χ3n) is 4.08. The van der Waals surface area contributed by atoms with Crippen molar-refractivity contribution in [2.24, 2.45) is 4.99 Å². The fourth-order valence-corrected chi connectivity index (χ4v) is 3.17. The van der Waals surface area contributed by atoms with Crippen molar-refractivity contribution in [3.63, 3.8) is 0 Å². The van der Waals surface area contributed by atoms with Crippen molar-refractivity contribution in [2.45, 2.75) is 18.8 Å². The van der Waals surface area contributed by atoms with Crippen molar-refractivity contribution >= 4 is 41.7 Å². The third-order valence-corrected chi connectivity index (χ3v) is 4.68. The van der Waals surface area contributed by atoms with Gasteiger partial charge >= 0.3 is 0 Å². The van der Waals surface area contributed by atoms with Crippen molar-refractivity contribution in [3.05, 3.63) is 65.0 Å². The number of aliphatic imine (C=N–C) groups is 1. The Labute approximate surface area is 193 Å². The molecule has 0 aliphatic heterocycles. The van der Waals surface area contributed by atoms with E-state index in [-0.39, 0.29) is 29.8 Å². The molecular weight excluding hydrogens is 504 g/mol. The molecule has 0 aromatic heterocycles. The second kappa shape index (κ2) is 14.5. The number of rotatable bonds is 10. The molecule has 0 saturated heterocycles. The topological polar surface area (TPSA) is 54.9 Å². The Morgan fingerprint density at radius 1 is 1.03 bits per heavy atom. The Morgan fingerprint density at radius 2 is 1.76 bits per heavy atom. The molecule has 2 aromatic carbocycles. The first-order chi connectivity index (χ1) is 13.7. The maximum Gasteiger partial charge on any atom is 0.191 e. The standard InChI is InChI=1S/C21H28FN3O2S.HI/c1-23-21(25-14-17-6-7-19(22)12-18(17)15-28-3)24-13-16-4-8-20(9-5-16)27-11-10-26-2;/h4-9,12H,10-11,13-15H2,1-3H3,(H2,23,24,25);1H. The second-order valence-electron chi connectivity index (χ2n) is 6.11. The summed E-state index contributed by atoms with van der Waals surface area (Å²) >= 11 is 1.67. The minimum atomic E-state index is -0.204. The molecule has 0 spiro atoms. The Hall–Kier alpha value is -1.52. The fourth-order valence-electron chi connectivity index (χ4n) is 2.59. The van der Waals surface area contributed by atoms with Gasteiger partial charge in [0.1, 0.15) is 18.2 Å². The van der Waals surface area contributed by atoms with Gasteiger partial charge in [0, 0.05) is 33.0 Å². The Balaban J connectivity index is 0.00000420. The van der Waals surface area contributed by atoms with E-state index in [1.807, 2.05) is 36.6 Å². The van der Waals surface area contributed by atoms with E-state index in [1.54, 1.807) is 32.0 Å². The molecule has 0 bridgehead atoms. The van der Waals surface area contributed by atoms with Gasteiger partial charge < -0.3 is 20.1 Å². The van der Waals surface area contributed by atoms with E-state index in [4.69, 9.17) is 9.47 Å². The first-order valence-electron chi connectivity index (χ1n) is 9.07. The van der Waals surface area contributed by atoms with Crippen LogP contribution in [-0.2, 0) is 23.6 Å². The lowest BCUT2D eigenvalue weighted by Crippen LogP contribution is -2.36. The van der Waals surface area contributed by atoms with E-state index < -0.39 is 0 Å². The normalized spacial score (nSPS) is 11.0. The summed E-state index contributed by atoms with van der Waals surface area (Å²) < 4.78 is 24.0. The molecule has 0 unspecified atom stereocenters. The van der Waals surface area contributed by atoms with Crippen molar-refractivity contribution in [3.8, 4) is 5.75 Å². The summed E-state index contributed by atoms with van der Waals surface area (Å²) in [6, 6.07) is 12.8. The van der Waals surface area contributed by atoms with E-state index in [9.17, 15) is 4.39 Å². The molecule has 2 aromatic rings. The second-order valence-corrected chi connectivity index (χ2v) is 6.98. The molecule has 8 heteroatoms. The number of hydrogen-bond donors (Lipinski definition) is 2. The Morgan fingerprint density at radius 3 is 2.41 bits per heavy atom. The summed E-state index contributed by atoms with van der Waals surface area (Å²) in [5.74, 6) is 2.09. The highest BCUT2D eigenvalue weighted by molar-refractivity contribution is 14.0. The van der Waals surface area contributed by atoms with Gasteiger partial charge in [-0.15, -0.1) is 24.0 Å². The highest BCUT2D eigenvalue weighted by Gasteiger charge is 2.06. The molecule has 0 fully saturated rings. The molecule has 160 valence electrons. The third kappa shape index (κ3) is 9.22. The molecule has 0 aliphatic rings. The van der Waals surface area contributed by atoms with Crippen LogP contribution in [-0.4, -0.2) is 39.6 Å². The molecule has 0 saturated carbocycles. The van der Waals surface area contributed by atoms with Crippen LogP contribution in [0, 0.1) is 5.82 Å². The molecule has 0 heterocycles. The van der Waals surface area contributed by atoms with Crippen LogP contribution in [0.1, 0.15) is 16.7 Å². The number of methoxy groups -OCH3 is 1. The van der Waals surface area contributed by atoms with Gasteiger partial charge in [0.05, 0.1) is 6.61 Å². The van der Waals surface area contributed by atoms with Crippen LogP contribution in [0.3, 0.4) is 0 Å². The number of halogens is 2. The molecule has 29 heavy (non-hydrogen) atoms. The summed E-state index contributed by atoms with van der Waals surface area (Å²) in [5, 5.41) is 6.58. The number of ether oxygens (including phenoxy) is 2. The molecule has 0 radical (unpaired) electrons. The number of hydrogen-bond acceptors (Lipinski definition) is 4. The van der Waals surface area contributed by atoms with E-state index in [1.165, 1.54) is 6.07 Å². The summed E-state index contributed by atoms with van der Waals surface area (Å²) in [4.78, 5) is 4.26. The van der Waals surface area contributed by atoms with Gasteiger partial charge in [0.2, 0.25) is 0 Å². The molecule has 2 N–H and O–H groups in total. The highest BCUT2D eigenvalue weighted by atomic mass is 127. The number of nitrogens with zero attached hydrogens (tertiary/aromatic N) is 1. The van der Waals surface area contributed by atoms with Gasteiger partial charge in [-0.2, -0.15) is 11.8 Å². The zero-order valence-electron chi connectivity index (χ0n) is 17.0. The van der Waals surface area contributed by atoms with E-state index in [0.717, 1.165) is 28.2 Å². The number of thioether (sulfide) groups is 1. The predicted octanol–water partition coefficient (Wildman–Crippen LogP) is 4.20. The van der Waals surface area contributed by atoms with Gasteiger partial charge in [-0.05, 0) is 47.2 Å². The highest BCUT2D eigenvalue weighted by Crippen LogP contribution is 2.16. The summed E-state index contributed by atoms with van der Waals surface area (Å²) in [7, 11) is 3.38. The van der Waals surface area contributed by atoms with Gasteiger partial charge in [0.15, 0.2) is 5.96 Å². The number of benzene rings is 2. The largest absolute Gasteiger partial charge is 0.491 e. The number of nitrogens with one attached hydrogen (secondary N) is 2. The van der Waals surface area contributed by atoms with Gasteiger partial charge in [0.25, 0.3) is 0 Å². The molecule has 0 atom stereocenters. The van der Waals surface area contributed by atoms with Crippen LogP contribution < -0.4 is 15.4 Å². The summed E-state index contributed by atoms with van der Waals surface area (Å²) in [6.07, 6.45) is 2.01. The lowest BCUT2D eigenvalue weighted by molar-refractivity contribution is 0.146. The van der Waals surface area contributed by atoms with Crippen LogP contribution in [0.25, 0.3) is 0 Å². The average Bonchev–Trinajstić information content (AvgIpc) is 2.71. The van der Waals surface area contributed by atoms with E-state index in [0.29, 0.717) is 32.3 Å². The van der Waals surface area contributed by atoms with E-state index >= 15 is 0 Å². The lowest BCUT2D eigenvalue weighted by Gasteiger charge is -2.14. The maximum atomic E-state index is 13.5. The smallest absolute Gasteiger partial charge is 0.191 e. The van der Waals surface area contributed by atoms with Crippen LogP contribution in [0.2, 0.25) is 0 Å². The lowest BCUT2D eigenvalue weighted by atomic mass is 10.1. The Bertz CT molecular complexity index is 760. The molecule has 2 rings (SSSR count).